The van der Waals surface area contributed by atoms with E-state index in [2.05, 4.69) is 5.32 Å². The van der Waals surface area contributed by atoms with Gasteiger partial charge >= 0.3 is 0 Å². The molecule has 0 aliphatic carbocycles. The summed E-state index contributed by atoms with van der Waals surface area (Å²) in [7, 11) is 0. The first-order valence-electron chi connectivity index (χ1n) is 7.22. The van der Waals surface area contributed by atoms with Gasteiger partial charge < -0.3 is 10.2 Å². The average Bonchev–Trinajstić information content (AvgIpc) is 2.96. The van der Waals surface area contributed by atoms with Gasteiger partial charge in [0.2, 0.25) is 5.91 Å². The van der Waals surface area contributed by atoms with Crippen molar-refractivity contribution >= 4 is 34.8 Å². The molecule has 0 spiro atoms. The van der Waals surface area contributed by atoms with Crippen molar-refractivity contribution in [2.75, 3.05) is 16.8 Å². The monoisotopic (exact) mass is 332 g/mol. The van der Waals surface area contributed by atoms with Crippen molar-refractivity contribution in [2.24, 2.45) is 0 Å². The van der Waals surface area contributed by atoms with Gasteiger partial charge in [-0.25, -0.2) is 4.39 Å². The lowest BCUT2D eigenvalue weighted by Crippen LogP contribution is -2.27. The SMILES string of the molecule is O=C(Nc1ccc(Cl)cc1F)c1ccccc1N1CCCC1=O. The molecule has 1 N–H and O–H groups in total. The molecule has 23 heavy (non-hydrogen) atoms. The van der Waals surface area contributed by atoms with Crippen molar-refractivity contribution in [1.82, 2.24) is 0 Å². The molecular formula is C17H14ClFN2O2. The van der Waals surface area contributed by atoms with Crippen molar-refractivity contribution in [2.45, 2.75) is 12.8 Å². The third-order valence-corrected chi connectivity index (χ3v) is 3.93. The summed E-state index contributed by atoms with van der Waals surface area (Å²) in [5.41, 5.74) is 0.918. The number of hydrogen-bond acceptors (Lipinski definition) is 2. The van der Waals surface area contributed by atoms with E-state index in [0.29, 0.717) is 24.2 Å². The van der Waals surface area contributed by atoms with Crippen LogP contribution in [0.25, 0.3) is 0 Å². The Morgan fingerprint density at radius 1 is 1.22 bits per heavy atom. The number of hydrogen-bond donors (Lipinski definition) is 1. The highest BCUT2D eigenvalue weighted by molar-refractivity contribution is 6.30. The Balaban J connectivity index is 1.89. The number of rotatable bonds is 3. The minimum absolute atomic E-state index is 0.0112. The number of anilines is 2. The van der Waals surface area contributed by atoms with Crippen LogP contribution in [-0.4, -0.2) is 18.4 Å². The maximum absolute atomic E-state index is 13.8. The quantitative estimate of drug-likeness (QED) is 0.928. The van der Waals surface area contributed by atoms with Crippen LogP contribution in [0.5, 0.6) is 0 Å². The van der Waals surface area contributed by atoms with Crippen molar-refractivity contribution < 1.29 is 14.0 Å². The van der Waals surface area contributed by atoms with Gasteiger partial charge in [-0.1, -0.05) is 23.7 Å². The fraction of sp³-hybridized carbons (Fsp3) is 0.176. The minimum Gasteiger partial charge on any atom is -0.319 e. The zero-order valence-corrected chi connectivity index (χ0v) is 12.9. The maximum Gasteiger partial charge on any atom is 0.257 e. The van der Waals surface area contributed by atoms with Gasteiger partial charge in [-0.05, 0) is 36.8 Å². The molecule has 2 aromatic carbocycles. The van der Waals surface area contributed by atoms with Gasteiger partial charge in [0.1, 0.15) is 5.82 Å². The molecule has 1 aliphatic heterocycles. The highest BCUT2D eigenvalue weighted by Gasteiger charge is 2.25. The number of carbonyl (C=O) groups is 2. The molecule has 1 fully saturated rings. The predicted octanol–water partition coefficient (Wildman–Crippen LogP) is 3.86. The van der Waals surface area contributed by atoms with Crippen molar-refractivity contribution in [3.8, 4) is 0 Å². The van der Waals surface area contributed by atoms with E-state index in [-0.39, 0.29) is 16.6 Å². The molecule has 2 aromatic rings. The van der Waals surface area contributed by atoms with Crippen molar-refractivity contribution in [3.05, 3.63) is 58.9 Å². The summed E-state index contributed by atoms with van der Waals surface area (Å²) in [5, 5.41) is 2.78. The van der Waals surface area contributed by atoms with Crippen LogP contribution >= 0.6 is 11.6 Å². The summed E-state index contributed by atoms with van der Waals surface area (Å²) in [4.78, 5) is 26.0. The van der Waals surface area contributed by atoms with Gasteiger partial charge in [-0.3, -0.25) is 9.59 Å². The molecule has 1 saturated heterocycles. The summed E-state index contributed by atoms with van der Waals surface area (Å²) in [5.74, 6) is -1.09. The van der Waals surface area contributed by atoms with E-state index in [1.165, 1.54) is 12.1 Å². The zero-order valence-electron chi connectivity index (χ0n) is 12.2. The number of amides is 2. The molecule has 0 radical (unpaired) electrons. The standard InChI is InChI=1S/C17H14ClFN2O2/c18-11-7-8-14(13(19)10-11)20-17(23)12-4-1-2-5-15(12)21-9-3-6-16(21)22/h1-2,4-5,7-8,10H,3,6,9H2,(H,20,23). The predicted molar refractivity (Wildman–Crippen MR) is 87.4 cm³/mol. The second kappa shape index (κ2) is 6.38. The zero-order chi connectivity index (χ0) is 16.4. The van der Waals surface area contributed by atoms with Crippen LogP contribution in [-0.2, 0) is 4.79 Å². The maximum atomic E-state index is 13.8. The third kappa shape index (κ3) is 3.19. The van der Waals surface area contributed by atoms with Crippen LogP contribution in [0.3, 0.4) is 0 Å². The largest absolute Gasteiger partial charge is 0.319 e. The van der Waals surface area contributed by atoms with E-state index in [9.17, 15) is 14.0 Å². The molecule has 2 amide bonds. The Bertz CT molecular complexity index is 779. The highest BCUT2D eigenvalue weighted by atomic mass is 35.5. The average molecular weight is 333 g/mol. The summed E-state index contributed by atoms with van der Waals surface area (Å²) in [6.45, 7) is 0.582. The first-order valence-corrected chi connectivity index (χ1v) is 7.60. The number of nitrogens with zero attached hydrogens (tertiary/aromatic N) is 1. The molecular weight excluding hydrogens is 319 g/mol. The molecule has 1 aliphatic rings. The minimum atomic E-state index is -0.611. The van der Waals surface area contributed by atoms with Gasteiger partial charge in [0, 0.05) is 18.0 Å². The Labute approximate surface area is 137 Å². The van der Waals surface area contributed by atoms with E-state index in [1.807, 2.05) is 0 Å². The molecule has 0 saturated carbocycles. The fourth-order valence-electron chi connectivity index (χ4n) is 2.58. The number of halogens is 2. The van der Waals surface area contributed by atoms with E-state index in [4.69, 9.17) is 11.6 Å². The first-order chi connectivity index (χ1) is 11.1. The van der Waals surface area contributed by atoms with Crippen molar-refractivity contribution in [1.29, 1.82) is 0 Å². The molecule has 1 heterocycles. The molecule has 0 atom stereocenters. The Kier molecular flexibility index (Phi) is 4.30. The van der Waals surface area contributed by atoms with Crippen LogP contribution in [0.2, 0.25) is 5.02 Å². The summed E-state index contributed by atoms with van der Waals surface area (Å²) < 4.78 is 13.8. The Morgan fingerprint density at radius 3 is 2.70 bits per heavy atom. The van der Waals surface area contributed by atoms with Crippen molar-refractivity contribution in [3.63, 3.8) is 0 Å². The lowest BCUT2D eigenvalue weighted by atomic mass is 10.1. The van der Waals surface area contributed by atoms with Crippen LogP contribution < -0.4 is 10.2 Å². The van der Waals surface area contributed by atoms with Crippen LogP contribution in [0.1, 0.15) is 23.2 Å². The second-order valence-electron chi connectivity index (χ2n) is 5.24. The first kappa shape index (κ1) is 15.5. The molecule has 3 rings (SSSR count). The van der Waals surface area contributed by atoms with E-state index in [0.717, 1.165) is 12.5 Å². The molecule has 0 unspecified atom stereocenters. The van der Waals surface area contributed by atoms with Gasteiger partial charge in [0.15, 0.2) is 0 Å². The van der Waals surface area contributed by atoms with Crippen LogP contribution in [0.15, 0.2) is 42.5 Å². The molecule has 4 nitrogen and oxygen atoms in total. The lowest BCUT2D eigenvalue weighted by molar-refractivity contribution is -0.117. The number of carbonyl (C=O) groups excluding carboxylic acids is 2. The molecule has 6 heteroatoms. The molecule has 0 bridgehead atoms. The Morgan fingerprint density at radius 2 is 2.00 bits per heavy atom. The number of para-hydroxylation sites is 1. The van der Waals surface area contributed by atoms with Gasteiger partial charge in [-0.15, -0.1) is 0 Å². The highest BCUT2D eigenvalue weighted by Crippen LogP contribution is 2.27. The van der Waals surface area contributed by atoms with Crippen LogP contribution in [0, 0.1) is 5.82 Å². The second-order valence-corrected chi connectivity index (χ2v) is 5.68. The Hall–Kier alpha value is -2.40. The van der Waals surface area contributed by atoms with E-state index in [1.54, 1.807) is 29.2 Å². The number of benzene rings is 2. The third-order valence-electron chi connectivity index (χ3n) is 3.69. The molecule has 118 valence electrons. The molecule has 0 aromatic heterocycles. The van der Waals surface area contributed by atoms with Gasteiger partial charge in [0.05, 0.1) is 16.9 Å². The summed E-state index contributed by atoms with van der Waals surface area (Å²) in [6, 6.07) is 10.8. The topological polar surface area (TPSA) is 49.4 Å². The number of nitrogens with one attached hydrogen (secondary N) is 1. The summed E-state index contributed by atoms with van der Waals surface area (Å²) >= 11 is 5.70. The lowest BCUT2D eigenvalue weighted by Gasteiger charge is -2.19. The fourth-order valence-corrected chi connectivity index (χ4v) is 2.74. The normalized spacial score (nSPS) is 14.2. The van der Waals surface area contributed by atoms with Gasteiger partial charge in [-0.2, -0.15) is 0 Å². The summed E-state index contributed by atoms with van der Waals surface area (Å²) in [6.07, 6.45) is 1.24. The van der Waals surface area contributed by atoms with E-state index < -0.39 is 11.7 Å². The van der Waals surface area contributed by atoms with Gasteiger partial charge in [0.25, 0.3) is 5.91 Å². The smallest absolute Gasteiger partial charge is 0.257 e. The van der Waals surface area contributed by atoms with Crippen LogP contribution in [0.4, 0.5) is 15.8 Å². The van der Waals surface area contributed by atoms with E-state index >= 15 is 0 Å².